The smallest absolute Gasteiger partial charge is 0.156 e. The van der Waals surface area contributed by atoms with Crippen LogP contribution in [0.5, 0.6) is 0 Å². The first-order valence-electron chi connectivity index (χ1n) is 10.1. The number of aromatic nitrogens is 3. The number of ether oxygens (including phenoxy) is 1. The second-order valence-corrected chi connectivity index (χ2v) is 7.21. The van der Waals surface area contributed by atoms with Crippen molar-refractivity contribution in [3.8, 4) is 16.8 Å². The Kier molecular flexibility index (Phi) is 5.21. The predicted molar refractivity (Wildman–Crippen MR) is 122 cm³/mol. The van der Waals surface area contributed by atoms with Gasteiger partial charge < -0.3 is 4.74 Å². The molecule has 4 aromatic rings. The molecular weight excluding hydrogens is 405 g/mol. The average molecular weight is 425 g/mol. The summed E-state index contributed by atoms with van der Waals surface area (Å²) in [6, 6.07) is 20.5. The van der Waals surface area contributed by atoms with E-state index in [0.717, 1.165) is 17.1 Å². The molecule has 158 valence electrons. The van der Waals surface area contributed by atoms with Crippen LogP contribution in [-0.4, -0.2) is 27.6 Å². The van der Waals surface area contributed by atoms with Gasteiger partial charge in [0.25, 0.3) is 0 Å². The zero-order chi connectivity index (χ0) is 21.9. The fourth-order valence-corrected chi connectivity index (χ4v) is 3.67. The Labute approximate surface area is 184 Å². The van der Waals surface area contributed by atoms with Crippen LogP contribution >= 0.6 is 0 Å². The van der Waals surface area contributed by atoms with Crippen molar-refractivity contribution in [2.24, 2.45) is 5.10 Å². The molecule has 0 N–H and O–H groups in total. The average Bonchev–Trinajstić information content (AvgIpc) is 3.35. The molecule has 0 aliphatic carbocycles. The van der Waals surface area contributed by atoms with Gasteiger partial charge in [-0.05, 0) is 30.3 Å². The Bertz CT molecular complexity index is 1300. The van der Waals surface area contributed by atoms with E-state index in [4.69, 9.17) is 9.84 Å². The van der Waals surface area contributed by atoms with Crippen LogP contribution in [0.2, 0.25) is 0 Å². The van der Waals surface area contributed by atoms with Crippen LogP contribution in [0.25, 0.3) is 16.8 Å². The second-order valence-electron chi connectivity index (χ2n) is 7.21. The quantitative estimate of drug-likeness (QED) is 0.442. The third-order valence-corrected chi connectivity index (χ3v) is 5.24. The topological polar surface area (TPSA) is 55.5 Å². The maximum atomic E-state index is 15.6. The molecule has 0 amide bonds. The minimum atomic E-state index is -0.381. The SMILES string of the molecule is COC1=CN(c2cccc(-c3cccnc3)c2F)N=C(c2ccnn2-c2ccccc2)C1. The van der Waals surface area contributed by atoms with Crippen molar-refractivity contribution >= 4 is 11.4 Å². The van der Waals surface area contributed by atoms with Crippen molar-refractivity contribution in [2.45, 2.75) is 6.42 Å². The number of allylic oxidation sites excluding steroid dienone is 1. The van der Waals surface area contributed by atoms with Gasteiger partial charge in [-0.2, -0.15) is 10.2 Å². The highest BCUT2D eigenvalue weighted by molar-refractivity contribution is 6.02. The van der Waals surface area contributed by atoms with Gasteiger partial charge in [-0.1, -0.05) is 36.4 Å². The van der Waals surface area contributed by atoms with Crippen molar-refractivity contribution in [1.29, 1.82) is 0 Å². The third-order valence-electron chi connectivity index (χ3n) is 5.24. The van der Waals surface area contributed by atoms with Crippen molar-refractivity contribution in [3.05, 3.63) is 109 Å². The lowest BCUT2D eigenvalue weighted by atomic mass is 10.1. The summed E-state index contributed by atoms with van der Waals surface area (Å²) in [5.41, 5.74) is 3.93. The lowest BCUT2D eigenvalue weighted by molar-refractivity contribution is 0.284. The number of hydrogen-bond acceptors (Lipinski definition) is 5. The molecule has 0 spiro atoms. The number of nitrogens with zero attached hydrogens (tertiary/aromatic N) is 5. The molecule has 1 aliphatic heterocycles. The lowest BCUT2D eigenvalue weighted by Crippen LogP contribution is -2.23. The van der Waals surface area contributed by atoms with E-state index in [-0.39, 0.29) is 5.82 Å². The normalized spacial score (nSPS) is 13.5. The molecule has 0 saturated carbocycles. The number of pyridine rings is 1. The number of hydrazone groups is 1. The summed E-state index contributed by atoms with van der Waals surface area (Å²) in [5.74, 6) is 0.288. The highest BCUT2D eigenvalue weighted by Crippen LogP contribution is 2.32. The van der Waals surface area contributed by atoms with E-state index in [1.807, 2.05) is 47.1 Å². The number of rotatable bonds is 5. The fraction of sp³-hybridized carbons (Fsp3) is 0.0800. The molecule has 0 bridgehead atoms. The van der Waals surface area contributed by atoms with Crippen LogP contribution in [0, 0.1) is 5.82 Å². The van der Waals surface area contributed by atoms with Gasteiger partial charge in [0.15, 0.2) is 5.82 Å². The summed E-state index contributed by atoms with van der Waals surface area (Å²) in [4.78, 5) is 4.10. The maximum absolute atomic E-state index is 15.6. The van der Waals surface area contributed by atoms with Crippen molar-refractivity contribution < 1.29 is 9.13 Å². The number of halogens is 1. The van der Waals surface area contributed by atoms with Crippen molar-refractivity contribution in [3.63, 3.8) is 0 Å². The summed E-state index contributed by atoms with van der Waals surface area (Å²) in [7, 11) is 1.60. The second kappa shape index (κ2) is 8.47. The molecule has 6 nitrogen and oxygen atoms in total. The zero-order valence-corrected chi connectivity index (χ0v) is 17.4. The van der Waals surface area contributed by atoms with E-state index in [1.54, 1.807) is 56.2 Å². The summed E-state index contributed by atoms with van der Waals surface area (Å²) < 4.78 is 22.9. The largest absolute Gasteiger partial charge is 0.499 e. The first-order chi connectivity index (χ1) is 15.7. The first-order valence-corrected chi connectivity index (χ1v) is 10.1. The number of hydrogen-bond donors (Lipinski definition) is 0. The Morgan fingerprint density at radius 3 is 2.59 bits per heavy atom. The van der Waals surface area contributed by atoms with E-state index >= 15 is 4.39 Å². The van der Waals surface area contributed by atoms with E-state index in [1.165, 1.54) is 5.01 Å². The molecule has 1 aliphatic rings. The van der Waals surface area contributed by atoms with Gasteiger partial charge in [-0.15, -0.1) is 0 Å². The fourth-order valence-electron chi connectivity index (χ4n) is 3.67. The van der Waals surface area contributed by atoms with Gasteiger partial charge in [0.1, 0.15) is 11.4 Å². The molecule has 5 rings (SSSR count). The summed E-state index contributed by atoms with van der Waals surface area (Å²) in [5, 5.41) is 10.7. The van der Waals surface area contributed by atoms with E-state index in [2.05, 4.69) is 10.1 Å². The van der Waals surface area contributed by atoms with Crippen LogP contribution in [0.4, 0.5) is 10.1 Å². The predicted octanol–water partition coefficient (Wildman–Crippen LogP) is 5.18. The number of methoxy groups -OCH3 is 1. The van der Waals surface area contributed by atoms with E-state index in [0.29, 0.717) is 29.0 Å². The molecule has 0 radical (unpaired) electrons. The Balaban J connectivity index is 1.58. The highest BCUT2D eigenvalue weighted by Gasteiger charge is 2.23. The molecule has 0 fully saturated rings. The van der Waals surface area contributed by atoms with Crippen molar-refractivity contribution in [1.82, 2.24) is 14.8 Å². The van der Waals surface area contributed by atoms with Gasteiger partial charge in [-0.3, -0.25) is 4.98 Å². The van der Waals surface area contributed by atoms with Crippen LogP contribution in [0.3, 0.4) is 0 Å². The molecule has 7 heteroatoms. The van der Waals surface area contributed by atoms with Crippen LogP contribution < -0.4 is 5.01 Å². The molecule has 0 atom stereocenters. The monoisotopic (exact) mass is 425 g/mol. The van der Waals surface area contributed by atoms with Gasteiger partial charge in [0.05, 0.1) is 43.0 Å². The van der Waals surface area contributed by atoms with Crippen molar-refractivity contribution in [2.75, 3.05) is 12.1 Å². The molecule has 0 unspecified atom stereocenters. The Hall–Kier alpha value is -4.26. The molecular formula is C25H20FN5O. The number of para-hydroxylation sites is 1. The van der Waals surface area contributed by atoms with E-state index in [9.17, 15) is 0 Å². The lowest BCUT2D eigenvalue weighted by Gasteiger charge is -2.24. The zero-order valence-electron chi connectivity index (χ0n) is 17.4. The van der Waals surface area contributed by atoms with Crippen LogP contribution in [-0.2, 0) is 4.74 Å². The Morgan fingerprint density at radius 1 is 0.938 bits per heavy atom. The van der Waals surface area contributed by atoms with Gasteiger partial charge >= 0.3 is 0 Å². The minimum absolute atomic E-state index is 0.323. The molecule has 0 saturated heterocycles. The molecule has 32 heavy (non-hydrogen) atoms. The molecule has 3 heterocycles. The first kappa shape index (κ1) is 19.7. The van der Waals surface area contributed by atoms with Crippen LogP contribution in [0.15, 0.2) is 102 Å². The van der Waals surface area contributed by atoms with E-state index < -0.39 is 0 Å². The number of benzene rings is 2. The van der Waals surface area contributed by atoms with Gasteiger partial charge in [0, 0.05) is 23.5 Å². The molecule has 2 aromatic carbocycles. The van der Waals surface area contributed by atoms with Gasteiger partial charge in [-0.25, -0.2) is 14.1 Å². The third kappa shape index (κ3) is 3.65. The number of anilines is 1. The maximum Gasteiger partial charge on any atom is 0.156 e. The molecule has 2 aromatic heterocycles. The minimum Gasteiger partial charge on any atom is -0.499 e. The van der Waals surface area contributed by atoms with Crippen LogP contribution in [0.1, 0.15) is 12.1 Å². The standard InChI is InChI=1S/C25H20FN5O/c1-32-20-15-22(23-12-14-28-31(23)19-8-3-2-4-9-19)29-30(17-20)24-11-5-10-21(25(24)26)18-7-6-13-27-16-18/h2-14,16-17H,15H2,1H3. The summed E-state index contributed by atoms with van der Waals surface area (Å²) in [6.07, 6.45) is 7.20. The Morgan fingerprint density at radius 2 is 1.81 bits per heavy atom. The highest BCUT2D eigenvalue weighted by atomic mass is 19.1. The summed E-state index contributed by atoms with van der Waals surface area (Å²) in [6.45, 7) is 0. The summed E-state index contributed by atoms with van der Waals surface area (Å²) >= 11 is 0. The van der Waals surface area contributed by atoms with Gasteiger partial charge in [0.2, 0.25) is 0 Å².